The van der Waals surface area contributed by atoms with Crippen molar-refractivity contribution in [3.05, 3.63) is 137 Å². The molecule has 178 valence electrons. The Morgan fingerprint density at radius 2 is 1.27 bits per heavy atom. The van der Waals surface area contributed by atoms with Crippen LogP contribution in [0.2, 0.25) is 0 Å². The van der Waals surface area contributed by atoms with E-state index in [2.05, 4.69) is 4.98 Å². The summed E-state index contributed by atoms with van der Waals surface area (Å²) >= 11 is 0. The van der Waals surface area contributed by atoms with Gasteiger partial charge in [0.15, 0.2) is 0 Å². The fourth-order valence-corrected chi connectivity index (χ4v) is 4.83. The standard InChI is InChI=1S/C31H20N2O4/c34-28-23-11-5-6-12-24(23)29(35)27-26(28)32-30(21-8-2-1-3-9-21)33(27)18-19-14-16-20(17-15-19)22-10-4-7-13-25(22)31(36)37/h1-17H,18H2,(H,36,37). The van der Waals surface area contributed by atoms with E-state index < -0.39 is 5.97 Å². The number of ketones is 2. The van der Waals surface area contributed by atoms with E-state index >= 15 is 0 Å². The molecule has 0 amide bonds. The van der Waals surface area contributed by atoms with Gasteiger partial charge in [-0.3, -0.25) is 9.59 Å². The number of aromatic carboxylic acids is 1. The molecule has 0 atom stereocenters. The number of carbonyl (C=O) groups excluding carboxylic acids is 2. The molecular weight excluding hydrogens is 464 g/mol. The lowest BCUT2D eigenvalue weighted by Crippen LogP contribution is -2.23. The molecule has 4 aromatic carbocycles. The molecule has 37 heavy (non-hydrogen) atoms. The van der Waals surface area contributed by atoms with Gasteiger partial charge in [0.2, 0.25) is 11.6 Å². The van der Waals surface area contributed by atoms with Crippen LogP contribution in [-0.4, -0.2) is 32.2 Å². The molecule has 0 bridgehead atoms. The normalized spacial score (nSPS) is 12.2. The minimum atomic E-state index is -0.985. The number of benzene rings is 4. The molecule has 6 rings (SSSR count). The van der Waals surface area contributed by atoms with E-state index in [1.54, 1.807) is 53.1 Å². The molecule has 0 unspecified atom stereocenters. The van der Waals surface area contributed by atoms with Gasteiger partial charge in [0, 0.05) is 23.2 Å². The highest BCUT2D eigenvalue weighted by Gasteiger charge is 2.35. The van der Waals surface area contributed by atoms with Crippen LogP contribution in [0.3, 0.4) is 0 Å². The Bertz CT molecular complexity index is 1700. The lowest BCUT2D eigenvalue weighted by molar-refractivity contribution is 0.0697. The fraction of sp³-hybridized carbons (Fsp3) is 0.0323. The van der Waals surface area contributed by atoms with Gasteiger partial charge in [-0.2, -0.15) is 0 Å². The molecule has 1 N–H and O–H groups in total. The van der Waals surface area contributed by atoms with Crippen LogP contribution in [-0.2, 0) is 6.54 Å². The molecule has 1 aromatic heterocycles. The number of hydrogen-bond donors (Lipinski definition) is 1. The van der Waals surface area contributed by atoms with Gasteiger partial charge >= 0.3 is 5.97 Å². The van der Waals surface area contributed by atoms with Crippen LogP contribution in [0, 0.1) is 0 Å². The smallest absolute Gasteiger partial charge is 0.336 e. The van der Waals surface area contributed by atoms with Crippen LogP contribution in [0.5, 0.6) is 0 Å². The number of imidazole rings is 1. The van der Waals surface area contributed by atoms with Crippen LogP contribution >= 0.6 is 0 Å². The maximum atomic E-state index is 13.6. The van der Waals surface area contributed by atoms with E-state index in [1.807, 2.05) is 54.6 Å². The average molecular weight is 485 g/mol. The van der Waals surface area contributed by atoms with Crippen LogP contribution in [0.4, 0.5) is 0 Å². The highest BCUT2D eigenvalue weighted by molar-refractivity contribution is 6.27. The molecular formula is C31H20N2O4. The topological polar surface area (TPSA) is 89.3 Å². The van der Waals surface area contributed by atoms with Gasteiger partial charge in [-0.05, 0) is 22.8 Å². The van der Waals surface area contributed by atoms with E-state index in [0.29, 0.717) is 29.1 Å². The molecule has 6 nitrogen and oxygen atoms in total. The largest absolute Gasteiger partial charge is 0.478 e. The molecule has 0 spiro atoms. The van der Waals surface area contributed by atoms with Crippen molar-refractivity contribution >= 4 is 17.5 Å². The minimum Gasteiger partial charge on any atom is -0.478 e. The van der Waals surface area contributed by atoms with Gasteiger partial charge in [0.1, 0.15) is 17.2 Å². The molecule has 1 heterocycles. The number of nitrogens with zero attached hydrogens (tertiary/aromatic N) is 2. The van der Waals surface area contributed by atoms with Crippen molar-refractivity contribution in [3.8, 4) is 22.5 Å². The molecule has 0 saturated heterocycles. The Morgan fingerprint density at radius 1 is 0.676 bits per heavy atom. The lowest BCUT2D eigenvalue weighted by atomic mass is 9.90. The van der Waals surface area contributed by atoms with E-state index in [4.69, 9.17) is 0 Å². The summed E-state index contributed by atoms with van der Waals surface area (Å²) < 4.78 is 1.81. The number of fused-ring (bicyclic) bond motifs is 2. The van der Waals surface area contributed by atoms with Crippen LogP contribution in [0.25, 0.3) is 22.5 Å². The van der Waals surface area contributed by atoms with Crippen molar-refractivity contribution in [2.75, 3.05) is 0 Å². The maximum absolute atomic E-state index is 13.6. The molecule has 0 fully saturated rings. The molecule has 0 saturated carbocycles. The minimum absolute atomic E-state index is 0.162. The highest BCUT2D eigenvalue weighted by atomic mass is 16.4. The summed E-state index contributed by atoms with van der Waals surface area (Å²) in [4.78, 5) is 43.2. The molecule has 0 aliphatic heterocycles. The van der Waals surface area contributed by atoms with E-state index in [9.17, 15) is 19.5 Å². The summed E-state index contributed by atoms with van der Waals surface area (Å²) in [6.07, 6.45) is 0. The number of rotatable bonds is 5. The number of hydrogen-bond acceptors (Lipinski definition) is 4. The second-order valence-electron chi connectivity index (χ2n) is 8.84. The van der Waals surface area contributed by atoms with Crippen molar-refractivity contribution < 1.29 is 19.5 Å². The predicted molar refractivity (Wildman–Crippen MR) is 139 cm³/mol. The Hall–Kier alpha value is -5.10. The van der Waals surface area contributed by atoms with Crippen LogP contribution in [0.15, 0.2) is 103 Å². The Labute approximate surface area is 212 Å². The number of carboxylic acids is 1. The summed E-state index contributed by atoms with van der Waals surface area (Å²) in [7, 11) is 0. The van der Waals surface area contributed by atoms with Crippen molar-refractivity contribution in [2.24, 2.45) is 0 Å². The SMILES string of the molecule is O=C(O)c1ccccc1-c1ccc(Cn2c(-c3ccccc3)nc3c2C(=O)c2ccccc2C3=O)cc1. The zero-order valence-electron chi connectivity index (χ0n) is 19.6. The predicted octanol–water partition coefficient (Wildman–Crippen LogP) is 5.74. The van der Waals surface area contributed by atoms with Crippen LogP contribution < -0.4 is 0 Å². The van der Waals surface area contributed by atoms with E-state index in [1.165, 1.54) is 0 Å². The lowest BCUT2D eigenvalue weighted by Gasteiger charge is -2.17. The quantitative estimate of drug-likeness (QED) is 0.337. The first kappa shape index (κ1) is 22.4. The molecule has 1 aliphatic carbocycles. The summed E-state index contributed by atoms with van der Waals surface area (Å²) in [6, 6.07) is 30.7. The van der Waals surface area contributed by atoms with E-state index in [0.717, 1.165) is 16.7 Å². The maximum Gasteiger partial charge on any atom is 0.336 e. The third kappa shape index (κ3) is 3.76. The summed E-state index contributed by atoms with van der Waals surface area (Å²) in [5.74, 6) is -0.935. The first-order valence-corrected chi connectivity index (χ1v) is 11.8. The van der Waals surface area contributed by atoms with Gasteiger partial charge in [-0.25, -0.2) is 9.78 Å². The van der Waals surface area contributed by atoms with Crippen molar-refractivity contribution in [1.29, 1.82) is 0 Å². The first-order chi connectivity index (χ1) is 18.0. The number of carboxylic acid groups (broad SMARTS) is 1. The highest BCUT2D eigenvalue weighted by Crippen LogP contribution is 2.32. The van der Waals surface area contributed by atoms with Crippen molar-refractivity contribution in [2.45, 2.75) is 6.54 Å². The van der Waals surface area contributed by atoms with Crippen molar-refractivity contribution in [1.82, 2.24) is 9.55 Å². The molecule has 6 heteroatoms. The number of aromatic nitrogens is 2. The summed E-state index contributed by atoms with van der Waals surface area (Å²) in [6.45, 7) is 0.314. The fourth-order valence-electron chi connectivity index (χ4n) is 4.83. The third-order valence-electron chi connectivity index (χ3n) is 6.61. The van der Waals surface area contributed by atoms with E-state index in [-0.39, 0.29) is 28.5 Å². The molecule has 5 aromatic rings. The van der Waals surface area contributed by atoms with Gasteiger partial charge in [-0.15, -0.1) is 0 Å². The average Bonchev–Trinajstić information content (AvgIpc) is 3.32. The first-order valence-electron chi connectivity index (χ1n) is 11.8. The second-order valence-corrected chi connectivity index (χ2v) is 8.84. The summed E-state index contributed by atoms with van der Waals surface area (Å²) in [5.41, 5.74) is 4.50. The van der Waals surface area contributed by atoms with Crippen molar-refractivity contribution in [3.63, 3.8) is 0 Å². The van der Waals surface area contributed by atoms with Gasteiger partial charge in [0.25, 0.3) is 0 Å². The number of carbonyl (C=O) groups is 3. The monoisotopic (exact) mass is 484 g/mol. The summed E-state index contributed by atoms with van der Waals surface area (Å²) in [5, 5.41) is 9.55. The zero-order chi connectivity index (χ0) is 25.5. The van der Waals surface area contributed by atoms with Gasteiger partial charge in [0.05, 0.1) is 5.56 Å². The Kier molecular flexibility index (Phi) is 5.34. The zero-order valence-corrected chi connectivity index (χ0v) is 19.6. The Morgan fingerprint density at radius 3 is 1.95 bits per heavy atom. The van der Waals surface area contributed by atoms with Crippen LogP contribution in [0.1, 0.15) is 48.0 Å². The molecule has 0 radical (unpaired) electrons. The Balaban J connectivity index is 1.45. The third-order valence-corrected chi connectivity index (χ3v) is 6.61. The van der Waals surface area contributed by atoms with Gasteiger partial charge in [-0.1, -0.05) is 97.1 Å². The van der Waals surface area contributed by atoms with Gasteiger partial charge < -0.3 is 9.67 Å². The second kappa shape index (κ2) is 8.84. The molecule has 1 aliphatic rings.